The Morgan fingerprint density at radius 1 is 0.698 bits per heavy atom. The van der Waals surface area contributed by atoms with Crippen molar-refractivity contribution in [2.24, 2.45) is 0 Å². The number of hydrogen-bond donors (Lipinski definition) is 3. The molecule has 0 saturated carbocycles. The van der Waals surface area contributed by atoms with Gasteiger partial charge in [-0.1, -0.05) is 147 Å². The lowest BCUT2D eigenvalue weighted by Gasteiger charge is -2.22. The predicted octanol–water partition coefficient (Wildman–Crippen LogP) is 9.66. The molecule has 1 saturated heterocycles. The number of epoxide rings is 1. The van der Waals surface area contributed by atoms with Gasteiger partial charge in [0.05, 0.1) is 31.0 Å². The first-order valence-electron chi connectivity index (χ1n) is 18.3. The second kappa shape index (κ2) is 29.3. The maximum Gasteiger partial charge on any atom is 0.220 e. The van der Waals surface area contributed by atoms with E-state index in [1.807, 2.05) is 0 Å². The monoisotopic (exact) mass is 604 g/mol. The Morgan fingerprint density at radius 3 is 1.84 bits per heavy atom. The number of unbranched alkanes of at least 4 members (excludes halogenated alkanes) is 15. The highest BCUT2D eigenvalue weighted by atomic mass is 16.6. The third-order valence-corrected chi connectivity index (χ3v) is 8.58. The Balaban J connectivity index is 1.98. The van der Waals surface area contributed by atoms with Crippen molar-refractivity contribution in [3.63, 3.8) is 0 Å². The van der Waals surface area contributed by atoms with Crippen molar-refractivity contribution in [2.75, 3.05) is 6.61 Å². The average Bonchev–Trinajstić information content (AvgIpc) is 3.76. The topological polar surface area (TPSA) is 82.1 Å². The third-order valence-electron chi connectivity index (χ3n) is 8.58. The summed E-state index contributed by atoms with van der Waals surface area (Å²) in [4.78, 5) is 12.4. The van der Waals surface area contributed by atoms with Crippen LogP contribution in [0.3, 0.4) is 0 Å². The van der Waals surface area contributed by atoms with E-state index in [-0.39, 0.29) is 24.7 Å². The van der Waals surface area contributed by atoms with Crippen LogP contribution in [0, 0.1) is 0 Å². The molecule has 1 aliphatic heterocycles. The molecule has 1 aliphatic rings. The van der Waals surface area contributed by atoms with Gasteiger partial charge in [-0.25, -0.2) is 0 Å². The van der Waals surface area contributed by atoms with Crippen molar-refractivity contribution in [3.8, 4) is 0 Å². The molecule has 0 aromatic rings. The van der Waals surface area contributed by atoms with Gasteiger partial charge in [0.15, 0.2) is 0 Å². The van der Waals surface area contributed by atoms with Crippen LogP contribution in [0.1, 0.15) is 168 Å². The van der Waals surface area contributed by atoms with Gasteiger partial charge in [-0.3, -0.25) is 4.79 Å². The van der Waals surface area contributed by atoms with Gasteiger partial charge in [0.1, 0.15) is 0 Å². The summed E-state index contributed by atoms with van der Waals surface area (Å²) in [6.45, 7) is 4.28. The highest BCUT2D eigenvalue weighted by Crippen LogP contribution is 2.30. The zero-order valence-corrected chi connectivity index (χ0v) is 28.2. The number of rotatable bonds is 31. The highest BCUT2D eigenvalue weighted by molar-refractivity contribution is 5.76. The van der Waals surface area contributed by atoms with Gasteiger partial charge < -0.3 is 20.3 Å². The lowest BCUT2D eigenvalue weighted by atomic mass is 10.0. The van der Waals surface area contributed by atoms with E-state index in [1.54, 1.807) is 0 Å². The Labute approximate surface area is 266 Å². The summed E-state index contributed by atoms with van der Waals surface area (Å²) in [7, 11) is 0. The van der Waals surface area contributed by atoms with Crippen molar-refractivity contribution in [1.82, 2.24) is 5.32 Å². The van der Waals surface area contributed by atoms with Gasteiger partial charge in [0.25, 0.3) is 0 Å². The Hall–Kier alpha value is -1.43. The fourth-order valence-electron chi connectivity index (χ4n) is 5.62. The molecule has 2 unspecified atom stereocenters. The standard InChI is InChI=1S/C38H69NO4/c1-3-5-7-9-11-13-15-17-18-20-22-24-26-29-35(41)34(33-40)39-38(42)32-28-31-37-36(43-37)30-27-25-23-21-19-16-14-12-10-8-6-4-2/h12,14,19,21,25,27,34-37,40-41H,3-11,13,15-18,20,22-24,26,28-33H2,1-2H3,(H,39,42)/b14-12-,21-19-,27-25-/t34-,35+,36?,37?/m0/s1. The zero-order chi connectivity index (χ0) is 31.2. The van der Waals surface area contributed by atoms with Gasteiger partial charge in [-0.15, -0.1) is 0 Å². The summed E-state index contributed by atoms with van der Waals surface area (Å²) in [6, 6.07) is -0.573. The molecule has 1 rings (SSSR count). The van der Waals surface area contributed by atoms with E-state index >= 15 is 0 Å². The smallest absolute Gasteiger partial charge is 0.220 e. The maximum atomic E-state index is 12.4. The number of allylic oxidation sites excluding steroid dienone is 5. The second-order valence-electron chi connectivity index (χ2n) is 12.7. The summed E-state index contributed by atoms with van der Waals surface area (Å²) in [6.07, 6.45) is 40.7. The minimum Gasteiger partial charge on any atom is -0.394 e. The molecule has 250 valence electrons. The number of aliphatic hydroxyl groups is 2. The van der Waals surface area contributed by atoms with Crippen LogP contribution in [-0.4, -0.2) is 47.1 Å². The lowest BCUT2D eigenvalue weighted by molar-refractivity contribution is -0.123. The molecule has 0 aromatic carbocycles. The molecule has 1 fully saturated rings. The summed E-state index contributed by atoms with van der Waals surface area (Å²) >= 11 is 0. The van der Waals surface area contributed by atoms with Crippen LogP contribution in [-0.2, 0) is 9.53 Å². The van der Waals surface area contributed by atoms with Gasteiger partial charge in [0.2, 0.25) is 5.91 Å². The molecule has 0 radical (unpaired) electrons. The molecular weight excluding hydrogens is 534 g/mol. The second-order valence-corrected chi connectivity index (χ2v) is 12.7. The van der Waals surface area contributed by atoms with Crippen molar-refractivity contribution < 1.29 is 19.7 Å². The molecule has 43 heavy (non-hydrogen) atoms. The van der Waals surface area contributed by atoms with E-state index in [2.05, 4.69) is 55.6 Å². The van der Waals surface area contributed by atoms with E-state index in [4.69, 9.17) is 4.74 Å². The van der Waals surface area contributed by atoms with E-state index < -0.39 is 12.1 Å². The summed E-state index contributed by atoms with van der Waals surface area (Å²) < 4.78 is 5.76. The Bertz CT molecular complexity index is 719. The largest absolute Gasteiger partial charge is 0.394 e. The van der Waals surface area contributed by atoms with E-state index in [9.17, 15) is 15.0 Å². The van der Waals surface area contributed by atoms with Gasteiger partial charge in [0, 0.05) is 6.42 Å². The zero-order valence-electron chi connectivity index (χ0n) is 28.2. The number of nitrogens with one attached hydrogen (secondary N) is 1. The molecule has 0 bridgehead atoms. The molecule has 0 spiro atoms. The highest BCUT2D eigenvalue weighted by Gasteiger charge is 2.36. The number of aliphatic hydroxyl groups excluding tert-OH is 2. The SMILES string of the molecule is CCCCC/C=C\C/C=C\C/C=C\CC1OC1CCCC(=O)N[C@@H](CO)[C@H](O)CCCCCCCCCCCCCCC. The van der Waals surface area contributed by atoms with E-state index in [0.29, 0.717) is 12.8 Å². The van der Waals surface area contributed by atoms with Gasteiger partial charge in [-0.05, 0) is 51.4 Å². The van der Waals surface area contributed by atoms with Crippen LogP contribution in [0.4, 0.5) is 0 Å². The van der Waals surface area contributed by atoms with Crippen molar-refractivity contribution in [2.45, 2.75) is 192 Å². The van der Waals surface area contributed by atoms with Crippen LogP contribution < -0.4 is 5.32 Å². The number of ether oxygens (including phenoxy) is 1. The summed E-state index contributed by atoms with van der Waals surface area (Å²) in [5.41, 5.74) is 0. The first-order chi connectivity index (χ1) is 21.1. The van der Waals surface area contributed by atoms with Crippen LogP contribution >= 0.6 is 0 Å². The number of amides is 1. The average molecular weight is 604 g/mol. The normalized spacial score (nSPS) is 18.2. The molecule has 0 aliphatic carbocycles. The molecular formula is C38H69NO4. The van der Waals surface area contributed by atoms with Crippen molar-refractivity contribution >= 4 is 5.91 Å². The molecule has 5 nitrogen and oxygen atoms in total. The van der Waals surface area contributed by atoms with Crippen molar-refractivity contribution in [3.05, 3.63) is 36.5 Å². The number of carbonyl (C=O) groups excluding carboxylic acids is 1. The van der Waals surface area contributed by atoms with Crippen molar-refractivity contribution in [1.29, 1.82) is 0 Å². The number of hydrogen-bond acceptors (Lipinski definition) is 4. The quantitative estimate of drug-likeness (QED) is 0.0418. The molecule has 4 atom stereocenters. The van der Waals surface area contributed by atoms with E-state index in [1.165, 1.54) is 96.3 Å². The molecule has 0 aromatic heterocycles. The van der Waals surface area contributed by atoms with Crippen LogP contribution in [0.15, 0.2) is 36.5 Å². The van der Waals surface area contributed by atoms with Gasteiger partial charge in [-0.2, -0.15) is 0 Å². The fourth-order valence-corrected chi connectivity index (χ4v) is 5.62. The first kappa shape index (κ1) is 39.6. The molecule has 1 amide bonds. The predicted molar refractivity (Wildman–Crippen MR) is 183 cm³/mol. The lowest BCUT2D eigenvalue weighted by Crippen LogP contribution is -2.45. The molecule has 5 heteroatoms. The Kier molecular flexibility index (Phi) is 27.0. The van der Waals surface area contributed by atoms with E-state index in [0.717, 1.165) is 44.9 Å². The fraction of sp³-hybridized carbons (Fsp3) is 0.816. The minimum atomic E-state index is -0.688. The third kappa shape index (κ3) is 24.6. The Morgan fingerprint density at radius 2 is 1.23 bits per heavy atom. The molecule has 3 N–H and O–H groups in total. The van der Waals surface area contributed by atoms with Crippen LogP contribution in [0.25, 0.3) is 0 Å². The first-order valence-corrected chi connectivity index (χ1v) is 18.3. The van der Waals surface area contributed by atoms with Gasteiger partial charge >= 0.3 is 0 Å². The summed E-state index contributed by atoms with van der Waals surface area (Å²) in [5.74, 6) is -0.0943. The maximum absolute atomic E-state index is 12.4. The number of carbonyl (C=O) groups is 1. The van der Waals surface area contributed by atoms with Crippen LogP contribution in [0.5, 0.6) is 0 Å². The minimum absolute atomic E-state index is 0.0943. The van der Waals surface area contributed by atoms with Crippen LogP contribution in [0.2, 0.25) is 0 Å². The molecule has 1 heterocycles. The summed E-state index contributed by atoms with van der Waals surface area (Å²) in [5, 5.41) is 23.1.